The largest absolute Gasteiger partial charge is 0.435 e. The lowest BCUT2D eigenvalue weighted by Gasteiger charge is -2.23. The van der Waals surface area contributed by atoms with E-state index in [0.29, 0.717) is 15.1 Å². The van der Waals surface area contributed by atoms with Crippen molar-refractivity contribution in [1.29, 1.82) is 0 Å². The Morgan fingerprint density at radius 1 is 0.955 bits per heavy atom. The maximum Gasteiger partial charge on any atom is 0.435 e. The molecular weight excluding hydrogens is 972 g/mol. The standard InChI is InChI=1S/C42H38ClF10N7O5S2/c1-7-60(67(6,64)65)38-31-27(43)11-10-26(35(31)59(57-38)19-40(46,47)48)25-9-8-24(12-13-39(3,4)66(5,62)63)54-34(25)28(16-21-14-22(44)17-23(45)15-21)55-29(61)18-58-37-32(36(56-58)42(51,52)53)30-20(2)33(30)41(37,49)50/h8-11,14-15,17,20,28,30,33H,7,16,18-19H2,1-6H3,(H,55,61)/t20-,28+,30?,33-/m1/s1. The summed E-state index contributed by atoms with van der Waals surface area (Å²) in [6.07, 6.45) is -9.14. The van der Waals surface area contributed by atoms with Crippen molar-refractivity contribution in [2.24, 2.45) is 11.8 Å². The Hall–Kier alpha value is -5.41. The van der Waals surface area contributed by atoms with E-state index >= 15 is 8.78 Å². The van der Waals surface area contributed by atoms with Crippen LogP contribution in [-0.4, -0.2) is 77.3 Å². The monoisotopic (exact) mass is 1010 g/mol. The maximum atomic E-state index is 15.8. The lowest BCUT2D eigenvalue weighted by molar-refractivity contribution is -0.143. The third-order valence-corrected chi connectivity index (χ3v) is 15.2. The number of sulfonamides is 1. The number of anilines is 1. The maximum absolute atomic E-state index is 15.8. The number of sulfone groups is 1. The molecule has 25 heteroatoms. The molecule has 4 atom stereocenters. The Balaban J connectivity index is 1.47. The fraction of sp³-hybridized carbons (Fsp3) is 0.429. The highest BCUT2D eigenvalue weighted by atomic mass is 35.5. The van der Waals surface area contributed by atoms with Crippen LogP contribution in [0.1, 0.15) is 73.6 Å². The molecule has 1 N–H and O–H groups in total. The molecule has 12 nitrogen and oxygen atoms in total. The summed E-state index contributed by atoms with van der Waals surface area (Å²) in [4.78, 5) is 18.7. The SMILES string of the molecule is CCN(c1nn(CC(F)(F)F)c2c(-c3ccc(C#CC(C)(C)S(C)(=O)=O)nc3[C@H](Cc3cc(F)cc(F)c3)NC(=O)Cn3nc(C(F)(F)F)c4c3C(F)(F)[C@H]3C4[C@H]3C)ccc(Cl)c12)S(C)(=O)=O. The van der Waals surface area contributed by atoms with Crippen molar-refractivity contribution < 1.29 is 65.5 Å². The van der Waals surface area contributed by atoms with Crippen LogP contribution in [0.4, 0.5) is 49.7 Å². The molecule has 5 aromatic rings. The second kappa shape index (κ2) is 16.7. The van der Waals surface area contributed by atoms with E-state index in [4.69, 9.17) is 11.6 Å². The molecule has 67 heavy (non-hydrogen) atoms. The molecule has 7 rings (SSSR count). The van der Waals surface area contributed by atoms with E-state index in [0.717, 1.165) is 24.6 Å². The van der Waals surface area contributed by atoms with Crippen LogP contribution in [0.3, 0.4) is 0 Å². The van der Waals surface area contributed by atoms with Gasteiger partial charge in [0, 0.05) is 47.4 Å². The van der Waals surface area contributed by atoms with Gasteiger partial charge in [-0.15, -0.1) is 0 Å². The summed E-state index contributed by atoms with van der Waals surface area (Å²) in [7, 11) is -8.08. The van der Waals surface area contributed by atoms with Gasteiger partial charge in [-0.1, -0.05) is 30.5 Å². The van der Waals surface area contributed by atoms with Crippen molar-refractivity contribution >= 4 is 54.1 Å². The van der Waals surface area contributed by atoms with Crippen molar-refractivity contribution in [3.8, 4) is 23.0 Å². The zero-order valence-electron chi connectivity index (χ0n) is 35.9. The van der Waals surface area contributed by atoms with Gasteiger partial charge in [0.25, 0.3) is 5.92 Å². The van der Waals surface area contributed by atoms with Gasteiger partial charge in [0.2, 0.25) is 15.9 Å². The van der Waals surface area contributed by atoms with Crippen LogP contribution < -0.4 is 9.62 Å². The first-order valence-electron chi connectivity index (χ1n) is 20.0. The summed E-state index contributed by atoms with van der Waals surface area (Å²) in [6.45, 7) is 1.89. The van der Waals surface area contributed by atoms with Crippen LogP contribution >= 0.6 is 11.6 Å². The number of aromatic nitrogens is 5. The van der Waals surface area contributed by atoms with E-state index in [1.54, 1.807) is 0 Å². The van der Waals surface area contributed by atoms with Crippen molar-refractivity contribution in [2.75, 3.05) is 23.4 Å². The van der Waals surface area contributed by atoms with Gasteiger partial charge in [0.05, 0.1) is 33.9 Å². The smallest absolute Gasteiger partial charge is 0.346 e. The summed E-state index contributed by atoms with van der Waals surface area (Å²) < 4.78 is 197. The Bertz CT molecular complexity index is 3120. The van der Waals surface area contributed by atoms with Crippen molar-refractivity contribution in [1.82, 2.24) is 29.9 Å². The minimum absolute atomic E-state index is 0.186. The number of nitrogens with one attached hydrogen (secondary N) is 1. The lowest BCUT2D eigenvalue weighted by Crippen LogP contribution is -2.35. The number of rotatable bonds is 12. The number of carbonyl (C=O) groups is 1. The van der Waals surface area contributed by atoms with Crippen LogP contribution in [0, 0.1) is 35.3 Å². The summed E-state index contributed by atoms with van der Waals surface area (Å²) in [6, 6.07) is 5.35. The molecule has 1 amide bonds. The highest BCUT2D eigenvalue weighted by molar-refractivity contribution is 7.92. The number of pyridine rings is 1. The van der Waals surface area contributed by atoms with Gasteiger partial charge >= 0.3 is 12.4 Å². The Kier molecular flexibility index (Phi) is 12.3. The van der Waals surface area contributed by atoms with E-state index < -0.39 is 132 Å². The van der Waals surface area contributed by atoms with Gasteiger partial charge in [-0.2, -0.15) is 45.3 Å². The highest BCUT2D eigenvalue weighted by Gasteiger charge is 2.72. The summed E-state index contributed by atoms with van der Waals surface area (Å²) in [5.74, 6) is -6.18. The molecule has 0 bridgehead atoms. The summed E-state index contributed by atoms with van der Waals surface area (Å²) >= 11 is 6.60. The van der Waals surface area contributed by atoms with Gasteiger partial charge in [0.15, 0.2) is 21.3 Å². The number of benzene rings is 2. The molecule has 0 spiro atoms. The Morgan fingerprint density at radius 3 is 2.15 bits per heavy atom. The number of fused-ring (bicyclic) bond motifs is 4. The van der Waals surface area contributed by atoms with Gasteiger partial charge < -0.3 is 5.32 Å². The Labute approximate surface area is 381 Å². The van der Waals surface area contributed by atoms with E-state index in [9.17, 15) is 56.8 Å². The predicted octanol–water partition coefficient (Wildman–Crippen LogP) is 8.32. The molecule has 2 aliphatic carbocycles. The second-order valence-electron chi connectivity index (χ2n) is 16.9. The number of amides is 1. The van der Waals surface area contributed by atoms with Crippen molar-refractivity contribution in [3.05, 3.63) is 93.0 Å². The quantitative estimate of drug-likeness (QED) is 0.0970. The molecule has 0 radical (unpaired) electrons. The summed E-state index contributed by atoms with van der Waals surface area (Å²) in [5.41, 5.74) is -5.10. The van der Waals surface area contributed by atoms with Gasteiger partial charge in [-0.3, -0.25) is 18.5 Å². The average Bonchev–Trinajstić information content (AvgIpc) is 3.39. The molecule has 3 heterocycles. The number of alkyl halides is 8. The lowest BCUT2D eigenvalue weighted by atomic mass is 9.93. The molecule has 2 aliphatic rings. The third kappa shape index (κ3) is 9.42. The number of nitrogens with zero attached hydrogens (tertiary/aromatic N) is 6. The van der Waals surface area contributed by atoms with E-state index in [-0.39, 0.29) is 49.7 Å². The predicted molar refractivity (Wildman–Crippen MR) is 225 cm³/mol. The minimum atomic E-state index is -5.20. The molecule has 360 valence electrons. The van der Waals surface area contributed by atoms with Crippen molar-refractivity contribution in [3.63, 3.8) is 0 Å². The zero-order chi connectivity index (χ0) is 49.7. The van der Waals surface area contributed by atoms with Gasteiger partial charge in [0.1, 0.15) is 40.9 Å². The number of halogens is 11. The first-order chi connectivity index (χ1) is 30.7. The highest BCUT2D eigenvalue weighted by Crippen LogP contribution is 2.71. The van der Waals surface area contributed by atoms with Gasteiger partial charge in [-0.25, -0.2) is 30.6 Å². The second-order valence-corrected chi connectivity index (χ2v) is 21.8. The molecule has 1 unspecified atom stereocenters. The molecule has 2 aromatic carbocycles. The van der Waals surface area contributed by atoms with Crippen LogP contribution in [-0.2, 0) is 56.3 Å². The number of carbonyl (C=O) groups excluding carboxylic acids is 1. The van der Waals surface area contributed by atoms with Crippen LogP contribution in [0.25, 0.3) is 22.0 Å². The van der Waals surface area contributed by atoms with E-state index in [2.05, 4.69) is 32.3 Å². The number of hydrogen-bond acceptors (Lipinski definition) is 8. The molecule has 1 fully saturated rings. The first kappa shape index (κ1) is 49.5. The Morgan fingerprint density at radius 2 is 1.58 bits per heavy atom. The molecule has 3 aromatic heterocycles. The topological polar surface area (TPSA) is 149 Å². The van der Waals surface area contributed by atoms with Crippen LogP contribution in [0.5, 0.6) is 0 Å². The first-order valence-corrected chi connectivity index (χ1v) is 24.1. The minimum Gasteiger partial charge on any atom is -0.346 e. The van der Waals surface area contributed by atoms with Crippen LogP contribution in [0.15, 0.2) is 42.5 Å². The van der Waals surface area contributed by atoms with Crippen molar-refractivity contribution in [2.45, 2.75) is 82.2 Å². The number of hydrogen-bond donors (Lipinski definition) is 1. The third-order valence-electron chi connectivity index (χ3n) is 11.7. The van der Waals surface area contributed by atoms with E-state index in [1.165, 1.54) is 52.0 Å². The normalized spacial score (nSPS) is 18.6. The van der Waals surface area contributed by atoms with Crippen LogP contribution in [0.2, 0.25) is 5.02 Å². The fourth-order valence-corrected chi connectivity index (χ4v) is 9.85. The molecule has 0 aliphatic heterocycles. The van der Waals surface area contributed by atoms with E-state index in [1.807, 2.05) is 0 Å². The molecular formula is C42H38ClF10N7O5S2. The average molecular weight is 1010 g/mol. The zero-order valence-corrected chi connectivity index (χ0v) is 38.3. The fourth-order valence-electron chi connectivity index (χ4n) is 8.47. The molecule has 0 saturated heterocycles. The summed E-state index contributed by atoms with van der Waals surface area (Å²) in [5, 5.41) is 9.36. The molecule has 1 saturated carbocycles. The van der Waals surface area contributed by atoms with Gasteiger partial charge in [-0.05, 0) is 74.9 Å².